The first-order valence-corrected chi connectivity index (χ1v) is 9.39. The molecular formula is C18H23Cl2N3O2. The number of hydrogen-bond donors (Lipinski definition) is 2. The summed E-state index contributed by atoms with van der Waals surface area (Å²) >= 11 is 12.0. The summed E-state index contributed by atoms with van der Waals surface area (Å²) in [6.45, 7) is 2.62. The Bertz CT molecular complexity index is 668. The van der Waals surface area contributed by atoms with Gasteiger partial charge < -0.3 is 10.6 Å². The van der Waals surface area contributed by atoms with Crippen molar-refractivity contribution in [2.24, 2.45) is 5.41 Å². The summed E-state index contributed by atoms with van der Waals surface area (Å²) in [7, 11) is 1.58. The predicted octanol–water partition coefficient (Wildman–Crippen LogP) is 2.60. The van der Waals surface area contributed by atoms with Gasteiger partial charge in [-0.2, -0.15) is 0 Å². The monoisotopic (exact) mass is 383 g/mol. The fourth-order valence-corrected chi connectivity index (χ4v) is 3.70. The Morgan fingerprint density at radius 2 is 1.84 bits per heavy atom. The predicted molar refractivity (Wildman–Crippen MR) is 98.6 cm³/mol. The van der Waals surface area contributed by atoms with Crippen molar-refractivity contribution in [1.82, 2.24) is 15.5 Å². The highest BCUT2D eigenvalue weighted by Gasteiger charge is 2.56. The molecule has 1 aromatic rings. The fraction of sp³-hybridized carbons (Fsp3) is 0.556. The zero-order valence-corrected chi connectivity index (χ0v) is 15.8. The van der Waals surface area contributed by atoms with Crippen LogP contribution in [-0.2, 0) is 16.1 Å². The first-order chi connectivity index (χ1) is 11.9. The molecule has 0 spiro atoms. The molecule has 5 nitrogen and oxygen atoms in total. The lowest BCUT2D eigenvalue weighted by atomic mass is 10.0. The highest BCUT2D eigenvalue weighted by atomic mass is 35.5. The second-order valence-corrected chi connectivity index (χ2v) is 7.75. The van der Waals surface area contributed by atoms with Crippen LogP contribution < -0.4 is 10.6 Å². The van der Waals surface area contributed by atoms with Crippen LogP contribution in [0.25, 0.3) is 0 Å². The Morgan fingerprint density at radius 1 is 1.16 bits per heavy atom. The summed E-state index contributed by atoms with van der Waals surface area (Å²) in [4.78, 5) is 26.7. The molecule has 0 radical (unpaired) electrons. The Labute approximate surface area is 158 Å². The van der Waals surface area contributed by atoms with Gasteiger partial charge in [-0.1, -0.05) is 29.3 Å². The minimum absolute atomic E-state index is 0.116. The third kappa shape index (κ3) is 4.10. The van der Waals surface area contributed by atoms with E-state index in [1.54, 1.807) is 7.05 Å². The topological polar surface area (TPSA) is 61.4 Å². The molecule has 1 heterocycles. The minimum atomic E-state index is -0.814. The number of piperidine rings is 1. The molecule has 1 saturated heterocycles. The van der Waals surface area contributed by atoms with Crippen molar-refractivity contribution in [2.75, 3.05) is 20.1 Å². The lowest BCUT2D eigenvalue weighted by Gasteiger charge is -2.33. The van der Waals surface area contributed by atoms with Gasteiger partial charge in [0.25, 0.3) is 0 Å². The van der Waals surface area contributed by atoms with E-state index in [1.165, 1.54) is 0 Å². The van der Waals surface area contributed by atoms with Gasteiger partial charge in [0.2, 0.25) is 11.8 Å². The Balaban J connectivity index is 1.48. The van der Waals surface area contributed by atoms with Crippen molar-refractivity contribution in [3.63, 3.8) is 0 Å². The van der Waals surface area contributed by atoms with Crippen LogP contribution in [0.5, 0.6) is 0 Å². The van der Waals surface area contributed by atoms with E-state index < -0.39 is 5.41 Å². The number of halogens is 2. The summed E-state index contributed by atoms with van der Waals surface area (Å²) in [5.74, 6) is -0.281. The van der Waals surface area contributed by atoms with Gasteiger partial charge in [0.15, 0.2) is 0 Å². The average Bonchev–Trinajstić information content (AvgIpc) is 3.41. The van der Waals surface area contributed by atoms with Gasteiger partial charge in [0.05, 0.1) is 10.0 Å². The third-order valence-corrected chi connectivity index (χ3v) is 5.90. The molecule has 25 heavy (non-hydrogen) atoms. The van der Waals surface area contributed by atoms with E-state index >= 15 is 0 Å². The lowest BCUT2D eigenvalue weighted by molar-refractivity contribution is -0.137. The number of likely N-dealkylation sites (tertiary alicyclic amines) is 1. The molecule has 2 fully saturated rings. The Hall–Kier alpha value is -1.30. The van der Waals surface area contributed by atoms with Gasteiger partial charge in [0.1, 0.15) is 5.41 Å². The largest absolute Gasteiger partial charge is 0.358 e. The van der Waals surface area contributed by atoms with Gasteiger partial charge in [-0.05, 0) is 43.4 Å². The van der Waals surface area contributed by atoms with Crippen molar-refractivity contribution >= 4 is 35.0 Å². The lowest BCUT2D eigenvalue weighted by Crippen LogP contribution is -2.49. The zero-order chi connectivity index (χ0) is 18.0. The van der Waals surface area contributed by atoms with E-state index in [0.29, 0.717) is 22.9 Å². The zero-order valence-electron chi connectivity index (χ0n) is 14.3. The maximum Gasteiger partial charge on any atom is 0.235 e. The SMILES string of the molecule is CNC(=O)C1(C(=O)NC2CCN(Cc3ccc(Cl)c(Cl)c3)CC2)CC1. The standard InChI is InChI=1S/C18H23Cl2N3O2/c1-21-16(24)18(6-7-18)17(25)22-13-4-8-23(9-5-13)11-12-2-3-14(19)15(20)10-12/h2-3,10,13H,4-9,11H2,1H3,(H,21,24)(H,22,25). The number of benzene rings is 1. The van der Waals surface area contributed by atoms with Gasteiger partial charge in [-0.15, -0.1) is 0 Å². The summed E-state index contributed by atoms with van der Waals surface area (Å²) in [6, 6.07) is 5.85. The van der Waals surface area contributed by atoms with E-state index in [1.807, 2.05) is 18.2 Å². The van der Waals surface area contributed by atoms with Crippen LogP contribution in [0.4, 0.5) is 0 Å². The van der Waals surface area contributed by atoms with E-state index in [2.05, 4.69) is 15.5 Å². The van der Waals surface area contributed by atoms with Crippen LogP contribution in [0.2, 0.25) is 10.0 Å². The molecule has 1 aromatic carbocycles. The molecule has 136 valence electrons. The molecule has 0 unspecified atom stereocenters. The molecule has 0 atom stereocenters. The molecule has 3 rings (SSSR count). The molecule has 7 heteroatoms. The third-order valence-electron chi connectivity index (χ3n) is 5.16. The summed E-state index contributed by atoms with van der Waals surface area (Å²) in [5.41, 5.74) is 0.319. The second kappa shape index (κ2) is 7.52. The van der Waals surface area contributed by atoms with Crippen LogP contribution in [0, 0.1) is 5.41 Å². The molecule has 1 aliphatic heterocycles. The van der Waals surface area contributed by atoms with Gasteiger partial charge in [-0.25, -0.2) is 0 Å². The van der Waals surface area contributed by atoms with Gasteiger partial charge in [0, 0.05) is 32.7 Å². The first-order valence-electron chi connectivity index (χ1n) is 8.64. The van der Waals surface area contributed by atoms with E-state index in [0.717, 1.165) is 38.0 Å². The minimum Gasteiger partial charge on any atom is -0.358 e. The molecule has 0 aromatic heterocycles. The van der Waals surface area contributed by atoms with Crippen LogP contribution in [0.15, 0.2) is 18.2 Å². The quantitative estimate of drug-likeness (QED) is 0.768. The van der Waals surface area contributed by atoms with Crippen molar-refractivity contribution in [3.8, 4) is 0 Å². The fourth-order valence-electron chi connectivity index (χ4n) is 3.38. The number of nitrogens with zero attached hydrogens (tertiary/aromatic N) is 1. The van der Waals surface area contributed by atoms with Crippen LogP contribution in [0.3, 0.4) is 0 Å². The van der Waals surface area contributed by atoms with Crippen molar-refractivity contribution in [2.45, 2.75) is 38.3 Å². The Morgan fingerprint density at radius 3 is 2.40 bits per heavy atom. The maximum atomic E-state index is 12.4. The first kappa shape index (κ1) is 18.5. The maximum absolute atomic E-state index is 12.4. The molecule has 1 aliphatic carbocycles. The molecular weight excluding hydrogens is 361 g/mol. The molecule has 2 N–H and O–H groups in total. The normalized spacial score (nSPS) is 20.1. The number of hydrogen-bond acceptors (Lipinski definition) is 3. The second-order valence-electron chi connectivity index (χ2n) is 6.93. The summed E-state index contributed by atoms with van der Waals surface area (Å²) in [5, 5.41) is 6.81. The molecule has 2 aliphatic rings. The molecule has 0 bridgehead atoms. The smallest absolute Gasteiger partial charge is 0.235 e. The summed E-state index contributed by atoms with van der Waals surface area (Å²) < 4.78 is 0. The highest BCUT2D eigenvalue weighted by Crippen LogP contribution is 2.46. The van der Waals surface area contributed by atoms with Crippen LogP contribution in [0.1, 0.15) is 31.2 Å². The number of carbonyl (C=O) groups is 2. The van der Waals surface area contributed by atoms with Crippen molar-refractivity contribution < 1.29 is 9.59 Å². The average molecular weight is 384 g/mol. The van der Waals surface area contributed by atoms with E-state index in [9.17, 15) is 9.59 Å². The van der Waals surface area contributed by atoms with Crippen LogP contribution >= 0.6 is 23.2 Å². The molecule has 2 amide bonds. The van der Waals surface area contributed by atoms with Crippen molar-refractivity contribution in [1.29, 1.82) is 0 Å². The molecule has 1 saturated carbocycles. The number of nitrogens with one attached hydrogen (secondary N) is 2. The number of rotatable bonds is 5. The summed E-state index contributed by atoms with van der Waals surface area (Å²) in [6.07, 6.45) is 3.07. The Kier molecular flexibility index (Phi) is 5.56. The van der Waals surface area contributed by atoms with Gasteiger partial charge in [-0.3, -0.25) is 14.5 Å². The van der Waals surface area contributed by atoms with Crippen LogP contribution in [-0.4, -0.2) is 42.9 Å². The number of amides is 2. The van der Waals surface area contributed by atoms with Crippen molar-refractivity contribution in [3.05, 3.63) is 33.8 Å². The number of carbonyl (C=O) groups excluding carboxylic acids is 2. The van der Waals surface area contributed by atoms with Gasteiger partial charge >= 0.3 is 0 Å². The highest BCUT2D eigenvalue weighted by molar-refractivity contribution is 6.42. The van der Waals surface area contributed by atoms with E-state index in [4.69, 9.17) is 23.2 Å². The van der Waals surface area contributed by atoms with E-state index in [-0.39, 0.29) is 17.9 Å².